The Kier molecular flexibility index (Phi) is 3.75. The summed E-state index contributed by atoms with van der Waals surface area (Å²) in [7, 11) is 0. The molecule has 0 N–H and O–H groups in total. The lowest BCUT2D eigenvalue weighted by atomic mass is 9.97. The molecule has 0 fully saturated rings. The van der Waals surface area contributed by atoms with E-state index in [4.69, 9.17) is 9.47 Å². The van der Waals surface area contributed by atoms with Crippen molar-refractivity contribution in [1.82, 2.24) is 0 Å². The van der Waals surface area contributed by atoms with Crippen molar-refractivity contribution in [3.05, 3.63) is 107 Å². The number of ether oxygens (including phenoxy) is 2. The van der Waals surface area contributed by atoms with Crippen molar-refractivity contribution in [2.24, 2.45) is 0 Å². The maximum Gasteiger partial charge on any atom is 0.262 e. The number of rotatable bonds is 2. The molecule has 0 unspecified atom stereocenters. The molecule has 0 spiro atoms. The molecule has 0 amide bonds. The van der Waals surface area contributed by atoms with Crippen LogP contribution in [0.2, 0.25) is 0 Å². The number of ketones is 1. The topological polar surface area (TPSA) is 35.5 Å². The minimum atomic E-state index is -0.215. The summed E-state index contributed by atoms with van der Waals surface area (Å²) in [4.78, 5) is 13.1. The van der Waals surface area contributed by atoms with E-state index in [1.54, 1.807) is 0 Å². The van der Waals surface area contributed by atoms with Crippen LogP contribution in [0.25, 0.3) is 33.7 Å². The molecule has 3 nitrogen and oxygen atoms in total. The van der Waals surface area contributed by atoms with Crippen LogP contribution in [0.5, 0.6) is 0 Å². The normalized spacial score (nSPS) is 14.8. The van der Waals surface area contributed by atoms with E-state index in [1.807, 2.05) is 36.4 Å². The SMILES string of the molecule is O=C(C1=Cc2cc3ccccc3cc2CO1)C1=Cc2cc3ccccc3cc2CO1. The summed E-state index contributed by atoms with van der Waals surface area (Å²) in [5.41, 5.74) is 4.21. The third kappa shape index (κ3) is 2.79. The van der Waals surface area contributed by atoms with Crippen molar-refractivity contribution in [1.29, 1.82) is 0 Å². The van der Waals surface area contributed by atoms with Crippen LogP contribution in [-0.2, 0) is 27.5 Å². The van der Waals surface area contributed by atoms with E-state index in [-0.39, 0.29) is 5.78 Å². The van der Waals surface area contributed by atoms with Crippen molar-refractivity contribution in [2.75, 3.05) is 0 Å². The van der Waals surface area contributed by atoms with Gasteiger partial charge in [-0.25, -0.2) is 0 Å². The van der Waals surface area contributed by atoms with E-state index in [2.05, 4.69) is 48.5 Å². The van der Waals surface area contributed by atoms with Gasteiger partial charge in [0.15, 0.2) is 11.5 Å². The minimum absolute atomic E-state index is 0.215. The number of carbonyl (C=O) groups is 1. The summed E-state index contributed by atoms with van der Waals surface area (Å²) in [6.45, 7) is 0.762. The van der Waals surface area contributed by atoms with Gasteiger partial charge in [-0.2, -0.15) is 0 Å². The van der Waals surface area contributed by atoms with Crippen molar-refractivity contribution in [3.8, 4) is 0 Å². The molecule has 2 aliphatic rings. The molecule has 2 aliphatic heterocycles. The molecule has 4 aromatic carbocycles. The summed E-state index contributed by atoms with van der Waals surface area (Å²) < 4.78 is 11.6. The lowest BCUT2D eigenvalue weighted by Gasteiger charge is -2.21. The van der Waals surface area contributed by atoms with Crippen LogP contribution in [0, 0.1) is 0 Å². The monoisotopic (exact) mass is 390 g/mol. The smallest absolute Gasteiger partial charge is 0.262 e. The molecule has 0 saturated carbocycles. The van der Waals surface area contributed by atoms with Gasteiger partial charge < -0.3 is 9.47 Å². The highest BCUT2D eigenvalue weighted by atomic mass is 16.5. The van der Waals surface area contributed by atoms with Gasteiger partial charge in [0.2, 0.25) is 0 Å². The van der Waals surface area contributed by atoms with Crippen LogP contribution >= 0.6 is 0 Å². The molecule has 4 aromatic rings. The standard InChI is InChI=1S/C27H18O3/c28-27(25-13-21-9-17-5-1-3-7-19(17)11-23(21)15-29-25)26-14-22-10-18-6-2-4-8-20(18)12-24(22)16-30-26/h1-14H,15-16H2. The Morgan fingerprint density at radius 3 is 1.43 bits per heavy atom. The summed E-state index contributed by atoms with van der Waals surface area (Å²) in [5.74, 6) is 0.439. The number of hydrogen-bond donors (Lipinski definition) is 0. The van der Waals surface area contributed by atoms with Crippen molar-refractivity contribution in [2.45, 2.75) is 13.2 Å². The first-order valence-corrected chi connectivity index (χ1v) is 10.0. The molecule has 144 valence electrons. The second-order valence-corrected chi connectivity index (χ2v) is 7.72. The highest BCUT2D eigenvalue weighted by molar-refractivity contribution is 6.11. The zero-order chi connectivity index (χ0) is 20.1. The van der Waals surface area contributed by atoms with Crippen LogP contribution in [0.15, 0.2) is 84.3 Å². The second kappa shape index (κ2) is 6.60. The fourth-order valence-electron chi connectivity index (χ4n) is 4.19. The van der Waals surface area contributed by atoms with E-state index in [9.17, 15) is 4.79 Å². The summed E-state index contributed by atoms with van der Waals surface area (Å²) in [6, 6.07) is 24.9. The zero-order valence-corrected chi connectivity index (χ0v) is 16.2. The average molecular weight is 390 g/mol. The Morgan fingerprint density at radius 1 is 0.600 bits per heavy atom. The van der Waals surface area contributed by atoms with Crippen molar-refractivity contribution >= 4 is 39.5 Å². The van der Waals surface area contributed by atoms with E-state index in [0.717, 1.165) is 33.0 Å². The Balaban J connectivity index is 1.37. The molecule has 0 radical (unpaired) electrons. The summed E-state index contributed by atoms with van der Waals surface area (Å²) >= 11 is 0. The molecular formula is C27H18O3. The Hall–Kier alpha value is -3.85. The van der Waals surface area contributed by atoms with Crippen LogP contribution < -0.4 is 0 Å². The van der Waals surface area contributed by atoms with Crippen LogP contribution in [-0.4, -0.2) is 5.78 Å². The molecule has 3 heteroatoms. The maximum absolute atomic E-state index is 13.1. The molecule has 0 bridgehead atoms. The van der Waals surface area contributed by atoms with Gasteiger partial charge in [0, 0.05) is 0 Å². The molecular weight excluding hydrogens is 372 g/mol. The van der Waals surface area contributed by atoms with E-state index in [1.165, 1.54) is 10.8 Å². The number of carbonyl (C=O) groups excluding carboxylic acids is 1. The zero-order valence-electron chi connectivity index (χ0n) is 16.2. The fraction of sp³-hybridized carbons (Fsp3) is 0.0741. The lowest BCUT2D eigenvalue weighted by molar-refractivity contribution is -0.119. The molecule has 0 saturated heterocycles. The highest BCUT2D eigenvalue weighted by Gasteiger charge is 2.25. The molecule has 30 heavy (non-hydrogen) atoms. The third-order valence-electron chi connectivity index (χ3n) is 5.80. The number of fused-ring (bicyclic) bond motifs is 4. The quantitative estimate of drug-likeness (QED) is 0.421. The largest absolute Gasteiger partial charge is 0.485 e. The first-order valence-electron chi connectivity index (χ1n) is 10.0. The van der Waals surface area contributed by atoms with Gasteiger partial charge in [0.05, 0.1) is 0 Å². The van der Waals surface area contributed by atoms with E-state index < -0.39 is 0 Å². The van der Waals surface area contributed by atoms with Crippen molar-refractivity contribution in [3.63, 3.8) is 0 Å². The molecule has 0 aromatic heterocycles. The third-order valence-corrected chi connectivity index (χ3v) is 5.80. The summed E-state index contributed by atoms with van der Waals surface area (Å²) in [5, 5.41) is 4.64. The Labute approximate surface area is 173 Å². The van der Waals surface area contributed by atoms with Gasteiger partial charge in [-0.1, -0.05) is 48.5 Å². The average Bonchev–Trinajstić information content (AvgIpc) is 2.80. The predicted octanol–water partition coefficient (Wildman–Crippen LogP) is 6.00. The van der Waals surface area contributed by atoms with Gasteiger partial charge in [-0.15, -0.1) is 0 Å². The van der Waals surface area contributed by atoms with Crippen LogP contribution in [0.3, 0.4) is 0 Å². The molecule has 0 atom stereocenters. The molecule has 6 rings (SSSR count). The van der Waals surface area contributed by atoms with Gasteiger partial charge in [0.25, 0.3) is 5.78 Å². The van der Waals surface area contributed by atoms with E-state index in [0.29, 0.717) is 24.7 Å². The number of benzene rings is 4. The minimum Gasteiger partial charge on any atom is -0.485 e. The predicted molar refractivity (Wildman–Crippen MR) is 118 cm³/mol. The van der Waals surface area contributed by atoms with Crippen LogP contribution in [0.1, 0.15) is 22.3 Å². The second-order valence-electron chi connectivity index (χ2n) is 7.72. The van der Waals surface area contributed by atoms with Crippen molar-refractivity contribution < 1.29 is 14.3 Å². The first kappa shape index (κ1) is 17.0. The van der Waals surface area contributed by atoms with Gasteiger partial charge in [-0.3, -0.25) is 4.79 Å². The van der Waals surface area contributed by atoms with Gasteiger partial charge in [0.1, 0.15) is 13.2 Å². The highest BCUT2D eigenvalue weighted by Crippen LogP contribution is 2.31. The maximum atomic E-state index is 13.1. The fourth-order valence-corrected chi connectivity index (χ4v) is 4.19. The molecule has 2 heterocycles. The number of hydrogen-bond acceptors (Lipinski definition) is 3. The number of Topliss-reactive ketones (excluding diaryl/α,β-unsaturated/α-hetero) is 1. The summed E-state index contributed by atoms with van der Waals surface area (Å²) in [6.07, 6.45) is 3.65. The van der Waals surface area contributed by atoms with Crippen LogP contribution in [0.4, 0.5) is 0 Å². The Bertz CT molecular complexity index is 1300. The first-order chi connectivity index (χ1) is 14.7. The lowest BCUT2D eigenvalue weighted by Crippen LogP contribution is -2.17. The van der Waals surface area contributed by atoms with Gasteiger partial charge in [-0.05, 0) is 80.2 Å². The Morgan fingerprint density at radius 2 is 1.00 bits per heavy atom. The van der Waals surface area contributed by atoms with E-state index >= 15 is 0 Å². The molecule has 0 aliphatic carbocycles. The van der Waals surface area contributed by atoms with Gasteiger partial charge >= 0.3 is 0 Å².